The molecule has 17 heavy (non-hydrogen) atoms. The van der Waals surface area contributed by atoms with Crippen molar-refractivity contribution in [2.24, 2.45) is 5.41 Å². The standard InChI is InChI=1S/C12H14ClNO3/c1-12(2)7-17-14(11(12)16)10(15)8-5-3-4-6-9(8)13/h3-6,10,15H,7H2,1-2H3. The third-order valence-electron chi connectivity index (χ3n) is 2.75. The van der Waals surface area contributed by atoms with E-state index >= 15 is 0 Å². The number of halogens is 1. The van der Waals surface area contributed by atoms with Gasteiger partial charge in [-0.15, -0.1) is 0 Å². The number of aliphatic hydroxyl groups excluding tert-OH is 1. The van der Waals surface area contributed by atoms with E-state index in [1.165, 1.54) is 0 Å². The molecule has 1 saturated heterocycles. The minimum atomic E-state index is -1.17. The molecule has 1 aromatic rings. The van der Waals surface area contributed by atoms with Gasteiger partial charge in [0.1, 0.15) is 0 Å². The monoisotopic (exact) mass is 255 g/mol. The Morgan fingerprint density at radius 1 is 1.47 bits per heavy atom. The second kappa shape index (κ2) is 4.29. The summed E-state index contributed by atoms with van der Waals surface area (Å²) in [7, 11) is 0. The van der Waals surface area contributed by atoms with E-state index in [4.69, 9.17) is 16.4 Å². The summed E-state index contributed by atoms with van der Waals surface area (Å²) in [5, 5.41) is 11.5. The molecule has 1 atom stereocenters. The first-order chi connectivity index (χ1) is 7.93. The minimum Gasteiger partial charge on any atom is -0.367 e. The molecule has 0 radical (unpaired) electrons. The second-order valence-electron chi connectivity index (χ2n) is 4.68. The first-order valence-electron chi connectivity index (χ1n) is 5.32. The molecule has 1 fully saturated rings. The van der Waals surface area contributed by atoms with Crippen molar-refractivity contribution < 1.29 is 14.7 Å². The van der Waals surface area contributed by atoms with E-state index in [0.29, 0.717) is 10.6 Å². The normalized spacial score (nSPS) is 20.7. The molecule has 0 aromatic heterocycles. The topological polar surface area (TPSA) is 49.8 Å². The number of hydrogen-bond donors (Lipinski definition) is 1. The Hall–Kier alpha value is -1.10. The van der Waals surface area contributed by atoms with Crippen LogP contribution in [-0.2, 0) is 9.63 Å². The fraction of sp³-hybridized carbons (Fsp3) is 0.417. The number of amides is 1. The third kappa shape index (κ3) is 2.16. The lowest BCUT2D eigenvalue weighted by Crippen LogP contribution is -2.34. The van der Waals surface area contributed by atoms with Gasteiger partial charge in [-0.05, 0) is 19.9 Å². The van der Waals surface area contributed by atoms with E-state index in [0.717, 1.165) is 5.06 Å². The molecule has 0 aliphatic carbocycles. The summed E-state index contributed by atoms with van der Waals surface area (Å²) in [6.45, 7) is 3.80. The number of nitrogens with zero attached hydrogens (tertiary/aromatic N) is 1. The number of rotatable bonds is 2. The van der Waals surface area contributed by atoms with Crippen molar-refractivity contribution in [3.8, 4) is 0 Å². The van der Waals surface area contributed by atoms with Gasteiger partial charge in [-0.2, -0.15) is 5.06 Å². The number of benzene rings is 1. The van der Waals surface area contributed by atoms with Gasteiger partial charge in [0.2, 0.25) is 0 Å². The van der Waals surface area contributed by atoms with Crippen molar-refractivity contribution in [2.45, 2.75) is 20.1 Å². The number of carbonyl (C=O) groups is 1. The SMILES string of the molecule is CC1(C)CON(C(O)c2ccccc2Cl)C1=O. The number of carbonyl (C=O) groups excluding carboxylic acids is 1. The molecule has 1 N–H and O–H groups in total. The molecule has 1 amide bonds. The van der Waals surface area contributed by atoms with Crippen LogP contribution < -0.4 is 0 Å². The Labute approximate surface area is 105 Å². The van der Waals surface area contributed by atoms with Crippen molar-refractivity contribution in [1.29, 1.82) is 0 Å². The first-order valence-corrected chi connectivity index (χ1v) is 5.70. The molecule has 1 unspecified atom stereocenters. The van der Waals surface area contributed by atoms with E-state index in [1.54, 1.807) is 38.1 Å². The van der Waals surface area contributed by atoms with E-state index in [2.05, 4.69) is 0 Å². The van der Waals surface area contributed by atoms with Crippen LogP contribution in [0.1, 0.15) is 25.6 Å². The van der Waals surface area contributed by atoms with Crippen molar-refractivity contribution in [3.63, 3.8) is 0 Å². The molecule has 92 valence electrons. The average Bonchev–Trinajstić information content (AvgIpc) is 2.54. The van der Waals surface area contributed by atoms with E-state index in [9.17, 15) is 9.90 Å². The lowest BCUT2D eigenvalue weighted by molar-refractivity contribution is -0.210. The van der Waals surface area contributed by atoms with Gasteiger partial charge in [0.25, 0.3) is 5.91 Å². The van der Waals surface area contributed by atoms with Crippen LogP contribution in [0.2, 0.25) is 5.02 Å². The highest BCUT2D eigenvalue weighted by atomic mass is 35.5. The van der Waals surface area contributed by atoms with Crippen molar-refractivity contribution in [3.05, 3.63) is 34.9 Å². The van der Waals surface area contributed by atoms with Gasteiger partial charge in [-0.25, -0.2) is 0 Å². The summed E-state index contributed by atoms with van der Waals surface area (Å²) in [5.41, 5.74) is -0.150. The van der Waals surface area contributed by atoms with Gasteiger partial charge < -0.3 is 5.11 Å². The molecule has 1 aromatic carbocycles. The van der Waals surface area contributed by atoms with Crippen LogP contribution in [0.15, 0.2) is 24.3 Å². The third-order valence-corrected chi connectivity index (χ3v) is 3.09. The van der Waals surface area contributed by atoms with E-state index in [1.807, 2.05) is 0 Å². The highest BCUT2D eigenvalue weighted by Crippen LogP contribution is 2.34. The summed E-state index contributed by atoms with van der Waals surface area (Å²) in [4.78, 5) is 17.2. The van der Waals surface area contributed by atoms with Crippen molar-refractivity contribution in [1.82, 2.24) is 5.06 Å². The van der Waals surface area contributed by atoms with E-state index < -0.39 is 11.6 Å². The molecule has 2 rings (SSSR count). The fourth-order valence-corrected chi connectivity index (χ4v) is 1.88. The predicted octanol–water partition coefficient (Wildman–Crippen LogP) is 2.13. The van der Waals surface area contributed by atoms with E-state index in [-0.39, 0.29) is 12.5 Å². The predicted molar refractivity (Wildman–Crippen MR) is 63.0 cm³/mol. The zero-order chi connectivity index (χ0) is 12.6. The number of hydrogen-bond acceptors (Lipinski definition) is 3. The first kappa shape index (κ1) is 12.4. The number of aliphatic hydroxyl groups is 1. The van der Waals surface area contributed by atoms with Crippen LogP contribution in [0.3, 0.4) is 0 Å². The Bertz CT molecular complexity index is 447. The van der Waals surface area contributed by atoms with Gasteiger partial charge in [0, 0.05) is 10.6 Å². The van der Waals surface area contributed by atoms with Gasteiger partial charge in [0.15, 0.2) is 6.23 Å². The van der Waals surface area contributed by atoms with Gasteiger partial charge >= 0.3 is 0 Å². The second-order valence-corrected chi connectivity index (χ2v) is 5.09. The van der Waals surface area contributed by atoms with Crippen LogP contribution in [0.25, 0.3) is 0 Å². The molecular weight excluding hydrogens is 242 g/mol. The summed E-state index contributed by atoms with van der Waals surface area (Å²) in [6.07, 6.45) is -1.17. The maximum atomic E-state index is 12.0. The van der Waals surface area contributed by atoms with Crippen molar-refractivity contribution in [2.75, 3.05) is 6.61 Å². The maximum absolute atomic E-state index is 12.0. The zero-order valence-corrected chi connectivity index (χ0v) is 10.4. The van der Waals surface area contributed by atoms with Crippen LogP contribution >= 0.6 is 11.6 Å². The Kier molecular flexibility index (Phi) is 3.12. The summed E-state index contributed by atoms with van der Waals surface area (Å²) >= 11 is 5.96. The highest BCUT2D eigenvalue weighted by Gasteiger charge is 2.43. The van der Waals surface area contributed by atoms with Crippen LogP contribution in [0.4, 0.5) is 0 Å². The summed E-state index contributed by atoms with van der Waals surface area (Å²) < 4.78 is 0. The fourth-order valence-electron chi connectivity index (χ4n) is 1.64. The highest BCUT2D eigenvalue weighted by molar-refractivity contribution is 6.31. The maximum Gasteiger partial charge on any atom is 0.257 e. The molecule has 0 saturated carbocycles. The van der Waals surface area contributed by atoms with Crippen LogP contribution in [0, 0.1) is 5.41 Å². The van der Waals surface area contributed by atoms with Crippen molar-refractivity contribution >= 4 is 17.5 Å². The molecule has 0 bridgehead atoms. The molecule has 1 aliphatic rings. The Balaban J connectivity index is 2.26. The quantitative estimate of drug-likeness (QED) is 0.881. The van der Waals surface area contributed by atoms with Gasteiger partial charge in [0.05, 0.1) is 12.0 Å². The Morgan fingerprint density at radius 2 is 2.12 bits per heavy atom. The molecule has 5 heteroatoms. The lowest BCUT2D eigenvalue weighted by atomic mass is 9.94. The van der Waals surface area contributed by atoms with Crippen LogP contribution in [0.5, 0.6) is 0 Å². The largest absolute Gasteiger partial charge is 0.367 e. The number of hydroxylamine groups is 2. The van der Waals surface area contributed by atoms with Gasteiger partial charge in [-0.1, -0.05) is 29.8 Å². The molecular formula is C12H14ClNO3. The average molecular weight is 256 g/mol. The smallest absolute Gasteiger partial charge is 0.257 e. The molecule has 4 nitrogen and oxygen atoms in total. The molecule has 0 spiro atoms. The Morgan fingerprint density at radius 3 is 2.65 bits per heavy atom. The molecule has 1 aliphatic heterocycles. The minimum absolute atomic E-state index is 0.245. The zero-order valence-electron chi connectivity index (χ0n) is 9.68. The van der Waals surface area contributed by atoms with Crippen LogP contribution in [-0.4, -0.2) is 22.7 Å². The lowest BCUT2D eigenvalue weighted by Gasteiger charge is -2.23. The van der Waals surface area contributed by atoms with Gasteiger partial charge in [-0.3, -0.25) is 9.63 Å². The summed E-state index contributed by atoms with van der Waals surface area (Å²) in [5.74, 6) is -0.245. The summed E-state index contributed by atoms with van der Waals surface area (Å²) in [6, 6.07) is 6.83. The molecule has 1 heterocycles.